The molecule has 0 aliphatic rings. The van der Waals surface area contributed by atoms with Gasteiger partial charge in [-0.15, -0.1) is 0 Å². The molecule has 27 heavy (non-hydrogen) atoms. The predicted molar refractivity (Wildman–Crippen MR) is 97.4 cm³/mol. The van der Waals surface area contributed by atoms with Crippen LogP contribution in [0.3, 0.4) is 0 Å². The zero-order valence-electron chi connectivity index (χ0n) is 15.1. The molecule has 146 valence electrons. The smallest absolute Gasteiger partial charge is 0.422 e. The Bertz CT molecular complexity index is 794. The van der Waals surface area contributed by atoms with Crippen molar-refractivity contribution in [2.75, 3.05) is 33.7 Å². The number of ether oxygens (including phenoxy) is 4. The minimum atomic E-state index is -4.42. The lowest BCUT2D eigenvalue weighted by atomic mass is 10.1. The van der Waals surface area contributed by atoms with Crippen molar-refractivity contribution in [2.45, 2.75) is 6.18 Å². The lowest BCUT2D eigenvalue weighted by molar-refractivity contribution is -0.153. The Balaban J connectivity index is 2.21. The van der Waals surface area contributed by atoms with Gasteiger partial charge < -0.3 is 24.7 Å². The van der Waals surface area contributed by atoms with Crippen molar-refractivity contribution in [3.63, 3.8) is 0 Å². The first-order valence-corrected chi connectivity index (χ1v) is 7.84. The molecule has 0 bridgehead atoms. The topological polar surface area (TPSA) is 62.9 Å². The summed E-state index contributed by atoms with van der Waals surface area (Å²) in [4.78, 5) is 0. The summed E-state index contributed by atoms with van der Waals surface area (Å²) in [6, 6.07) is 8.07. The maximum absolute atomic E-state index is 12.2. The number of rotatable bonds is 7. The van der Waals surface area contributed by atoms with Crippen LogP contribution in [0.2, 0.25) is 0 Å². The van der Waals surface area contributed by atoms with Crippen LogP contribution in [0.25, 0.3) is 12.2 Å². The highest BCUT2D eigenvalue weighted by Crippen LogP contribution is 2.38. The highest BCUT2D eigenvalue weighted by atomic mass is 19.4. The summed E-state index contributed by atoms with van der Waals surface area (Å²) in [5, 5.41) is 0. The summed E-state index contributed by atoms with van der Waals surface area (Å²) >= 11 is 0. The van der Waals surface area contributed by atoms with E-state index >= 15 is 0 Å². The molecule has 8 heteroatoms. The van der Waals surface area contributed by atoms with Crippen molar-refractivity contribution in [1.29, 1.82) is 0 Å². The maximum atomic E-state index is 12.2. The fraction of sp³-hybridized carbons (Fsp3) is 0.263. The number of hydrogen-bond donors (Lipinski definition) is 1. The van der Waals surface area contributed by atoms with E-state index < -0.39 is 12.8 Å². The molecule has 0 saturated carbocycles. The Morgan fingerprint density at radius 1 is 0.852 bits per heavy atom. The Morgan fingerprint density at radius 2 is 1.44 bits per heavy atom. The fourth-order valence-electron chi connectivity index (χ4n) is 2.35. The number of halogens is 3. The Morgan fingerprint density at radius 3 is 1.93 bits per heavy atom. The number of benzene rings is 2. The van der Waals surface area contributed by atoms with Crippen LogP contribution in [0, 0.1) is 0 Å². The third-order valence-electron chi connectivity index (χ3n) is 3.58. The minimum Gasteiger partial charge on any atom is -0.493 e. The highest BCUT2D eigenvalue weighted by molar-refractivity contribution is 5.74. The molecule has 0 aromatic heterocycles. The van der Waals surface area contributed by atoms with Crippen molar-refractivity contribution in [3.8, 4) is 23.0 Å². The second-order valence-corrected chi connectivity index (χ2v) is 5.49. The van der Waals surface area contributed by atoms with Gasteiger partial charge in [-0.1, -0.05) is 18.2 Å². The van der Waals surface area contributed by atoms with Gasteiger partial charge in [0.05, 0.1) is 27.0 Å². The molecular weight excluding hydrogens is 363 g/mol. The number of hydrogen-bond acceptors (Lipinski definition) is 5. The average Bonchev–Trinajstić information content (AvgIpc) is 2.63. The lowest BCUT2D eigenvalue weighted by Crippen LogP contribution is -2.19. The standard InChI is InChI=1S/C19H20F3NO4/c1-24-16-9-13(10-17(25-2)18(16)26-3)5-4-12-6-7-15(14(23)8-12)27-11-19(20,21)22/h4-10H,11,23H2,1-3H3. The van der Waals surface area contributed by atoms with Crippen molar-refractivity contribution in [1.82, 2.24) is 0 Å². The van der Waals surface area contributed by atoms with Gasteiger partial charge in [0, 0.05) is 0 Å². The van der Waals surface area contributed by atoms with Gasteiger partial charge in [0.2, 0.25) is 5.75 Å². The second-order valence-electron chi connectivity index (χ2n) is 5.49. The Labute approximate surface area is 155 Å². The summed E-state index contributed by atoms with van der Waals surface area (Å²) in [7, 11) is 4.55. The molecule has 2 N–H and O–H groups in total. The van der Waals surface area contributed by atoms with E-state index in [-0.39, 0.29) is 11.4 Å². The van der Waals surface area contributed by atoms with Crippen molar-refractivity contribution >= 4 is 17.8 Å². The van der Waals surface area contributed by atoms with E-state index in [9.17, 15) is 13.2 Å². The molecule has 0 unspecified atom stereocenters. The molecular formula is C19H20F3NO4. The number of nitrogens with two attached hydrogens (primary N) is 1. The predicted octanol–water partition coefficient (Wildman–Crippen LogP) is 4.41. The number of nitrogen functional groups attached to an aromatic ring is 1. The monoisotopic (exact) mass is 383 g/mol. The van der Waals surface area contributed by atoms with Crippen molar-refractivity contribution in [2.24, 2.45) is 0 Å². The van der Waals surface area contributed by atoms with E-state index in [1.54, 1.807) is 30.4 Å². The first-order chi connectivity index (χ1) is 12.8. The van der Waals surface area contributed by atoms with Gasteiger partial charge in [0.15, 0.2) is 18.1 Å². The Hall–Kier alpha value is -3.03. The normalized spacial score (nSPS) is 11.5. The highest BCUT2D eigenvalue weighted by Gasteiger charge is 2.28. The zero-order valence-corrected chi connectivity index (χ0v) is 15.1. The summed E-state index contributed by atoms with van der Waals surface area (Å²) < 4.78 is 57.2. The summed E-state index contributed by atoms with van der Waals surface area (Å²) in [6.07, 6.45) is -0.877. The second kappa shape index (κ2) is 8.57. The third kappa shape index (κ3) is 5.47. The molecule has 5 nitrogen and oxygen atoms in total. The molecule has 2 rings (SSSR count). The van der Waals surface area contributed by atoms with Gasteiger partial charge >= 0.3 is 6.18 Å². The molecule has 2 aromatic rings. The van der Waals surface area contributed by atoms with E-state index in [4.69, 9.17) is 19.9 Å². The van der Waals surface area contributed by atoms with E-state index in [0.717, 1.165) is 5.56 Å². The molecule has 0 heterocycles. The molecule has 0 spiro atoms. The van der Waals surface area contributed by atoms with Crippen molar-refractivity contribution < 1.29 is 32.1 Å². The quantitative estimate of drug-likeness (QED) is 0.567. The molecule has 0 amide bonds. The molecule has 0 saturated heterocycles. The minimum absolute atomic E-state index is 0.0164. The van der Waals surface area contributed by atoms with Crippen molar-refractivity contribution in [3.05, 3.63) is 41.5 Å². The van der Waals surface area contributed by atoms with Crippen LogP contribution < -0.4 is 24.7 Å². The van der Waals surface area contributed by atoms with E-state index in [0.29, 0.717) is 22.8 Å². The van der Waals surface area contributed by atoms with Crippen LogP contribution >= 0.6 is 0 Å². The largest absolute Gasteiger partial charge is 0.493 e. The SMILES string of the molecule is COc1cc(C=Cc2ccc(OCC(F)(F)F)c(N)c2)cc(OC)c1OC. The molecule has 0 aliphatic carbocycles. The maximum Gasteiger partial charge on any atom is 0.422 e. The van der Waals surface area contributed by atoms with Crippen LogP contribution in [-0.2, 0) is 0 Å². The van der Waals surface area contributed by atoms with Crippen LogP contribution in [0.4, 0.5) is 18.9 Å². The fourth-order valence-corrected chi connectivity index (χ4v) is 2.35. The first-order valence-electron chi connectivity index (χ1n) is 7.84. The Kier molecular flexibility index (Phi) is 6.44. The zero-order chi connectivity index (χ0) is 20.0. The lowest BCUT2D eigenvalue weighted by Gasteiger charge is -2.13. The van der Waals surface area contributed by atoms with E-state index in [1.807, 2.05) is 0 Å². The van der Waals surface area contributed by atoms with Crippen LogP contribution in [-0.4, -0.2) is 34.1 Å². The average molecular weight is 383 g/mol. The van der Waals surface area contributed by atoms with E-state index in [2.05, 4.69) is 4.74 Å². The van der Waals surface area contributed by atoms with Crippen LogP contribution in [0.1, 0.15) is 11.1 Å². The molecule has 0 aliphatic heterocycles. The van der Waals surface area contributed by atoms with Gasteiger partial charge in [-0.2, -0.15) is 13.2 Å². The third-order valence-corrected chi connectivity index (χ3v) is 3.58. The summed E-state index contributed by atoms with van der Waals surface area (Å²) in [5.41, 5.74) is 7.36. The first kappa shape index (κ1) is 20.3. The van der Waals surface area contributed by atoms with E-state index in [1.165, 1.54) is 33.5 Å². The molecule has 0 radical (unpaired) electrons. The summed E-state index contributed by atoms with van der Waals surface area (Å²) in [5.74, 6) is 1.48. The van der Waals surface area contributed by atoms with Gasteiger partial charge in [-0.05, 0) is 35.4 Å². The van der Waals surface area contributed by atoms with Crippen LogP contribution in [0.15, 0.2) is 30.3 Å². The molecule has 0 fully saturated rings. The number of methoxy groups -OCH3 is 3. The van der Waals surface area contributed by atoms with Gasteiger partial charge in [-0.3, -0.25) is 0 Å². The number of alkyl halides is 3. The summed E-state index contributed by atoms with van der Waals surface area (Å²) in [6.45, 7) is -1.39. The van der Waals surface area contributed by atoms with Gasteiger partial charge in [-0.25, -0.2) is 0 Å². The molecule has 0 atom stereocenters. The van der Waals surface area contributed by atoms with Gasteiger partial charge in [0.25, 0.3) is 0 Å². The number of anilines is 1. The van der Waals surface area contributed by atoms with Crippen LogP contribution in [0.5, 0.6) is 23.0 Å². The molecule has 2 aromatic carbocycles. The van der Waals surface area contributed by atoms with Gasteiger partial charge in [0.1, 0.15) is 5.75 Å².